The number of imidazole rings is 1. The van der Waals surface area contributed by atoms with Gasteiger partial charge in [-0.25, -0.2) is 17.8 Å². The second-order valence-electron chi connectivity index (χ2n) is 10.2. The van der Waals surface area contributed by atoms with Crippen molar-refractivity contribution in [1.82, 2.24) is 14.5 Å². The Kier molecular flexibility index (Phi) is 8.82. The Morgan fingerprint density at radius 3 is 2.42 bits per heavy atom. The van der Waals surface area contributed by atoms with Gasteiger partial charge in [0.1, 0.15) is 11.6 Å². The Labute approximate surface area is 233 Å². The third-order valence-corrected chi connectivity index (χ3v) is 8.89. The van der Waals surface area contributed by atoms with Crippen molar-refractivity contribution in [3.63, 3.8) is 0 Å². The van der Waals surface area contributed by atoms with Crippen molar-refractivity contribution in [2.45, 2.75) is 61.9 Å². The van der Waals surface area contributed by atoms with E-state index >= 15 is 0 Å². The van der Waals surface area contributed by atoms with E-state index in [2.05, 4.69) is 4.98 Å². The Morgan fingerprint density at radius 2 is 1.77 bits per heavy atom. The summed E-state index contributed by atoms with van der Waals surface area (Å²) in [6.07, 6.45) is 4.63. The number of carbonyl (C=O) groups excluding carboxylic acids is 1. The third kappa shape index (κ3) is 6.54. The van der Waals surface area contributed by atoms with Crippen LogP contribution < -0.4 is 4.74 Å². The van der Waals surface area contributed by atoms with Crippen LogP contribution in [0.4, 0.5) is 4.39 Å². The lowest BCUT2D eigenvalue weighted by molar-refractivity contribution is 0.0496. The molecule has 0 unspecified atom stereocenters. The molecule has 1 amide bonds. The number of methoxy groups -OCH3 is 1. The van der Waals surface area contributed by atoms with Crippen LogP contribution in [0.15, 0.2) is 59.9 Å². The minimum Gasteiger partial charge on any atom is -0.497 e. The van der Waals surface area contributed by atoms with Gasteiger partial charge in [-0.2, -0.15) is 0 Å². The zero-order valence-corrected chi connectivity index (χ0v) is 23.3. The molecular weight excluding hydrogens is 537 g/mol. The minimum atomic E-state index is -4.01. The van der Waals surface area contributed by atoms with Crippen molar-refractivity contribution in [2.24, 2.45) is 0 Å². The zero-order chi connectivity index (χ0) is 28.1. The summed E-state index contributed by atoms with van der Waals surface area (Å²) in [7, 11) is -2.45. The number of rotatable bonds is 11. The monoisotopic (exact) mass is 571 g/mol. The Hall–Kier alpha value is -3.28. The van der Waals surface area contributed by atoms with E-state index in [1.165, 1.54) is 24.4 Å². The first-order valence-corrected chi connectivity index (χ1v) is 15.2. The molecule has 2 saturated heterocycles. The second-order valence-corrected chi connectivity index (χ2v) is 12.1. The quantitative estimate of drug-likeness (QED) is 0.343. The van der Waals surface area contributed by atoms with Gasteiger partial charge in [0.25, 0.3) is 5.91 Å². The van der Waals surface area contributed by atoms with Crippen molar-refractivity contribution in [3.05, 3.63) is 77.4 Å². The van der Waals surface area contributed by atoms with Gasteiger partial charge < -0.3 is 23.7 Å². The summed E-state index contributed by atoms with van der Waals surface area (Å²) >= 11 is 0. The predicted molar refractivity (Wildman–Crippen MR) is 145 cm³/mol. The molecule has 2 atom stereocenters. The molecule has 2 fully saturated rings. The maximum absolute atomic E-state index is 14.4. The summed E-state index contributed by atoms with van der Waals surface area (Å²) in [4.78, 5) is 19.7. The van der Waals surface area contributed by atoms with Gasteiger partial charge in [0.05, 0.1) is 50.1 Å². The molecule has 2 aromatic carbocycles. The highest BCUT2D eigenvalue weighted by atomic mass is 32.2. The molecule has 214 valence electrons. The SMILES string of the molecule is COc1ccc(C(=O)N(Cc2cnc(S(=O)(=O)Cc3ccccc3F)n2C[C@H]2CCCO2)C[C@H]2CCCO2)cc1. The lowest BCUT2D eigenvalue weighted by Gasteiger charge is -2.27. The number of aromatic nitrogens is 2. The summed E-state index contributed by atoms with van der Waals surface area (Å²) in [6, 6.07) is 12.7. The molecule has 0 aliphatic carbocycles. The molecule has 5 rings (SSSR count). The first-order valence-electron chi connectivity index (χ1n) is 13.5. The third-order valence-electron chi connectivity index (χ3n) is 7.32. The van der Waals surface area contributed by atoms with Gasteiger partial charge in [-0.15, -0.1) is 0 Å². The van der Waals surface area contributed by atoms with Gasteiger partial charge >= 0.3 is 0 Å². The fraction of sp³-hybridized carbons (Fsp3) is 0.448. The topological polar surface area (TPSA) is 100.0 Å². The number of hydrogen-bond acceptors (Lipinski definition) is 7. The van der Waals surface area contributed by atoms with Crippen LogP contribution >= 0.6 is 0 Å². The highest BCUT2D eigenvalue weighted by Crippen LogP contribution is 2.25. The summed E-state index contributed by atoms with van der Waals surface area (Å²) in [5.41, 5.74) is 1.12. The Bertz CT molecular complexity index is 1410. The summed E-state index contributed by atoms with van der Waals surface area (Å²) in [5, 5.41) is -0.157. The number of nitrogens with zero attached hydrogens (tertiary/aromatic N) is 3. The molecule has 0 bridgehead atoms. The van der Waals surface area contributed by atoms with Crippen molar-refractivity contribution >= 4 is 15.7 Å². The minimum absolute atomic E-state index is 0.0745. The van der Waals surface area contributed by atoms with Gasteiger partial charge in [0, 0.05) is 30.9 Å². The van der Waals surface area contributed by atoms with Crippen LogP contribution in [0.2, 0.25) is 0 Å². The van der Waals surface area contributed by atoms with Crippen molar-refractivity contribution in [3.8, 4) is 5.75 Å². The largest absolute Gasteiger partial charge is 0.497 e. The summed E-state index contributed by atoms with van der Waals surface area (Å²) in [6.45, 7) is 2.00. The summed E-state index contributed by atoms with van der Waals surface area (Å²) in [5.74, 6) is -0.678. The van der Waals surface area contributed by atoms with Gasteiger partial charge in [-0.3, -0.25) is 4.79 Å². The molecule has 40 heavy (non-hydrogen) atoms. The van der Waals surface area contributed by atoms with Crippen molar-refractivity contribution in [2.75, 3.05) is 26.9 Å². The van der Waals surface area contributed by atoms with Crippen molar-refractivity contribution < 1.29 is 31.8 Å². The van der Waals surface area contributed by atoms with Crippen LogP contribution in [-0.4, -0.2) is 67.9 Å². The molecule has 2 aliphatic heterocycles. The molecule has 1 aromatic heterocycles. The van der Waals surface area contributed by atoms with Crippen LogP contribution in [0.5, 0.6) is 5.75 Å². The molecule has 0 N–H and O–H groups in total. The lowest BCUT2D eigenvalue weighted by Crippen LogP contribution is -2.37. The van der Waals surface area contributed by atoms with Gasteiger partial charge in [-0.05, 0) is 56.0 Å². The van der Waals surface area contributed by atoms with Crippen LogP contribution in [-0.2, 0) is 38.2 Å². The first-order chi connectivity index (χ1) is 19.3. The summed E-state index contributed by atoms with van der Waals surface area (Å²) < 4.78 is 59.9. The van der Waals surface area contributed by atoms with E-state index in [0.29, 0.717) is 36.8 Å². The molecule has 0 saturated carbocycles. The fourth-order valence-electron chi connectivity index (χ4n) is 5.20. The molecule has 11 heteroatoms. The van der Waals surface area contributed by atoms with E-state index in [0.717, 1.165) is 25.7 Å². The molecule has 3 heterocycles. The smallest absolute Gasteiger partial charge is 0.254 e. The number of hydrogen-bond donors (Lipinski definition) is 0. The van der Waals surface area contributed by atoms with Gasteiger partial charge in [-0.1, -0.05) is 18.2 Å². The zero-order valence-electron chi connectivity index (χ0n) is 22.5. The molecule has 0 radical (unpaired) electrons. The van der Waals surface area contributed by atoms with Gasteiger partial charge in [0.15, 0.2) is 0 Å². The maximum atomic E-state index is 14.4. The number of ether oxygens (including phenoxy) is 3. The van der Waals surface area contributed by atoms with E-state index in [-0.39, 0.29) is 41.9 Å². The van der Waals surface area contributed by atoms with Gasteiger partial charge in [0.2, 0.25) is 15.0 Å². The molecular formula is C29H34FN3O6S. The van der Waals surface area contributed by atoms with E-state index in [9.17, 15) is 17.6 Å². The second kappa shape index (κ2) is 12.5. The van der Waals surface area contributed by atoms with Crippen LogP contribution in [0.25, 0.3) is 0 Å². The number of halogens is 1. The van der Waals surface area contributed by atoms with Crippen LogP contribution in [0.1, 0.15) is 47.3 Å². The normalized spacial score (nSPS) is 19.1. The number of carbonyl (C=O) groups is 1. The standard InChI is InChI=1S/C29H34FN3O6S/c1-37-24-12-10-21(11-13-24)28(34)32(18-25-7-4-14-38-25)17-23-16-31-29(33(23)19-26-8-5-15-39-26)40(35,36)20-22-6-2-3-9-27(22)30/h2-3,6,9-13,16,25-26H,4-5,7-8,14-15,17-20H2,1H3/t25-,26-/m1/s1. The molecule has 9 nitrogen and oxygen atoms in total. The number of benzene rings is 2. The van der Waals surface area contributed by atoms with E-state index in [1.54, 1.807) is 46.9 Å². The predicted octanol–water partition coefficient (Wildman–Crippen LogP) is 4.01. The average molecular weight is 572 g/mol. The van der Waals surface area contributed by atoms with E-state index in [1.807, 2.05) is 0 Å². The maximum Gasteiger partial charge on any atom is 0.254 e. The number of amides is 1. The lowest BCUT2D eigenvalue weighted by atomic mass is 10.1. The van der Waals surface area contributed by atoms with Crippen LogP contribution in [0, 0.1) is 5.82 Å². The highest BCUT2D eigenvalue weighted by Gasteiger charge is 2.30. The van der Waals surface area contributed by atoms with Crippen molar-refractivity contribution in [1.29, 1.82) is 0 Å². The Morgan fingerprint density at radius 1 is 1.07 bits per heavy atom. The van der Waals surface area contributed by atoms with Crippen LogP contribution in [0.3, 0.4) is 0 Å². The first kappa shape index (κ1) is 28.3. The number of sulfone groups is 1. The van der Waals surface area contributed by atoms with E-state index in [4.69, 9.17) is 14.2 Å². The van der Waals surface area contributed by atoms with E-state index < -0.39 is 21.4 Å². The Balaban J connectivity index is 1.47. The molecule has 3 aromatic rings. The highest BCUT2D eigenvalue weighted by molar-refractivity contribution is 7.90. The molecule has 0 spiro atoms. The average Bonchev–Trinajstić information content (AvgIpc) is 3.73. The fourth-order valence-corrected chi connectivity index (χ4v) is 6.72. The molecule has 2 aliphatic rings.